The van der Waals surface area contributed by atoms with Gasteiger partial charge in [0.1, 0.15) is 0 Å². The SMILES string of the molecule is CC(=O)Nc1ccc(-c2nc(-c3ccc(N4CCOCC4)cc3)no2)cc1. The van der Waals surface area contributed by atoms with Crippen molar-refractivity contribution in [3.63, 3.8) is 0 Å². The van der Waals surface area contributed by atoms with Gasteiger partial charge in [0.25, 0.3) is 5.89 Å². The van der Waals surface area contributed by atoms with Crippen LogP contribution in [0.5, 0.6) is 0 Å². The number of rotatable bonds is 4. The molecular formula is C20H20N4O3. The number of amides is 1. The van der Waals surface area contributed by atoms with Gasteiger partial charge in [-0.25, -0.2) is 0 Å². The molecule has 0 atom stereocenters. The molecule has 4 rings (SSSR count). The molecule has 1 aliphatic rings. The van der Waals surface area contributed by atoms with Crippen molar-refractivity contribution in [2.24, 2.45) is 0 Å². The van der Waals surface area contributed by atoms with Gasteiger partial charge in [-0.1, -0.05) is 5.16 Å². The highest BCUT2D eigenvalue weighted by Crippen LogP contribution is 2.25. The minimum atomic E-state index is -0.108. The van der Waals surface area contributed by atoms with Crippen LogP contribution in [0.1, 0.15) is 6.92 Å². The van der Waals surface area contributed by atoms with Gasteiger partial charge < -0.3 is 19.5 Å². The lowest BCUT2D eigenvalue weighted by Gasteiger charge is -2.28. The third-order valence-electron chi connectivity index (χ3n) is 4.38. The van der Waals surface area contributed by atoms with Crippen LogP contribution in [0.2, 0.25) is 0 Å². The highest BCUT2D eigenvalue weighted by atomic mass is 16.5. The smallest absolute Gasteiger partial charge is 0.258 e. The first-order valence-electron chi connectivity index (χ1n) is 8.84. The molecule has 1 amide bonds. The molecule has 0 radical (unpaired) electrons. The third-order valence-corrected chi connectivity index (χ3v) is 4.38. The van der Waals surface area contributed by atoms with E-state index in [4.69, 9.17) is 9.26 Å². The number of nitrogens with zero attached hydrogens (tertiary/aromatic N) is 3. The Labute approximate surface area is 156 Å². The van der Waals surface area contributed by atoms with Crippen LogP contribution in [0.4, 0.5) is 11.4 Å². The van der Waals surface area contributed by atoms with Gasteiger partial charge in [0.05, 0.1) is 13.2 Å². The Morgan fingerprint density at radius 2 is 1.67 bits per heavy atom. The van der Waals surface area contributed by atoms with E-state index in [-0.39, 0.29) is 5.91 Å². The summed E-state index contributed by atoms with van der Waals surface area (Å²) < 4.78 is 10.8. The normalized spacial score (nSPS) is 14.2. The van der Waals surface area contributed by atoms with E-state index in [1.165, 1.54) is 12.6 Å². The molecule has 27 heavy (non-hydrogen) atoms. The van der Waals surface area contributed by atoms with Gasteiger partial charge in [-0.2, -0.15) is 4.98 Å². The second-order valence-corrected chi connectivity index (χ2v) is 6.33. The number of ether oxygens (including phenoxy) is 1. The van der Waals surface area contributed by atoms with Crippen molar-refractivity contribution in [3.8, 4) is 22.8 Å². The molecule has 1 N–H and O–H groups in total. The second-order valence-electron chi connectivity index (χ2n) is 6.33. The number of nitrogens with one attached hydrogen (secondary N) is 1. The quantitative estimate of drug-likeness (QED) is 0.766. The molecule has 1 saturated heterocycles. The van der Waals surface area contributed by atoms with Gasteiger partial charge in [-0.05, 0) is 48.5 Å². The highest BCUT2D eigenvalue weighted by molar-refractivity contribution is 5.88. The summed E-state index contributed by atoms with van der Waals surface area (Å²) in [6.45, 7) is 4.80. The molecule has 7 heteroatoms. The van der Waals surface area contributed by atoms with E-state index in [2.05, 4.69) is 32.5 Å². The second kappa shape index (κ2) is 7.59. The van der Waals surface area contributed by atoms with Crippen LogP contribution in [0.25, 0.3) is 22.8 Å². The summed E-state index contributed by atoms with van der Waals surface area (Å²) in [5.74, 6) is 0.879. The first kappa shape index (κ1) is 17.2. The molecule has 1 aromatic heterocycles. The Morgan fingerprint density at radius 3 is 2.33 bits per heavy atom. The maximum absolute atomic E-state index is 11.1. The van der Waals surface area contributed by atoms with E-state index < -0.39 is 0 Å². The first-order chi connectivity index (χ1) is 13.2. The molecule has 0 unspecified atom stereocenters. The van der Waals surface area contributed by atoms with Gasteiger partial charge in [0.15, 0.2) is 0 Å². The average molecular weight is 364 g/mol. The summed E-state index contributed by atoms with van der Waals surface area (Å²) in [6, 6.07) is 15.4. The zero-order valence-electron chi connectivity index (χ0n) is 15.0. The van der Waals surface area contributed by atoms with Gasteiger partial charge in [0.2, 0.25) is 11.7 Å². The van der Waals surface area contributed by atoms with Crippen LogP contribution in [0.3, 0.4) is 0 Å². The summed E-state index contributed by atoms with van der Waals surface area (Å²) in [5, 5.41) is 6.82. The van der Waals surface area contributed by atoms with Crippen LogP contribution < -0.4 is 10.2 Å². The fourth-order valence-corrected chi connectivity index (χ4v) is 3.00. The highest BCUT2D eigenvalue weighted by Gasteiger charge is 2.13. The Hall–Kier alpha value is -3.19. The van der Waals surface area contributed by atoms with E-state index in [1.54, 1.807) is 12.1 Å². The largest absolute Gasteiger partial charge is 0.378 e. The van der Waals surface area contributed by atoms with Crippen molar-refractivity contribution in [1.29, 1.82) is 0 Å². The molecule has 2 aromatic carbocycles. The van der Waals surface area contributed by atoms with Crippen molar-refractivity contribution in [2.75, 3.05) is 36.5 Å². The predicted octanol–water partition coefficient (Wildman–Crippen LogP) is 3.20. The minimum absolute atomic E-state index is 0.108. The van der Waals surface area contributed by atoms with E-state index >= 15 is 0 Å². The Kier molecular flexibility index (Phi) is 4.84. The fraction of sp³-hybridized carbons (Fsp3) is 0.250. The number of anilines is 2. The number of benzene rings is 2. The van der Waals surface area contributed by atoms with Gasteiger partial charge in [0, 0.05) is 42.5 Å². The molecule has 0 saturated carbocycles. The Balaban J connectivity index is 1.49. The maximum atomic E-state index is 11.1. The fourth-order valence-electron chi connectivity index (χ4n) is 3.00. The van der Waals surface area contributed by atoms with Crippen LogP contribution in [0, 0.1) is 0 Å². The lowest BCUT2D eigenvalue weighted by molar-refractivity contribution is -0.114. The van der Waals surface area contributed by atoms with Gasteiger partial charge in [-0.15, -0.1) is 0 Å². The zero-order valence-corrected chi connectivity index (χ0v) is 15.0. The molecule has 0 aliphatic carbocycles. The predicted molar refractivity (Wildman–Crippen MR) is 103 cm³/mol. The van der Waals surface area contributed by atoms with E-state index in [1.807, 2.05) is 24.3 Å². The van der Waals surface area contributed by atoms with Crippen molar-refractivity contribution >= 4 is 17.3 Å². The van der Waals surface area contributed by atoms with Crippen LogP contribution in [-0.2, 0) is 9.53 Å². The van der Waals surface area contributed by atoms with Crippen molar-refractivity contribution < 1.29 is 14.1 Å². The number of aromatic nitrogens is 2. The Bertz CT molecular complexity index is 913. The molecule has 7 nitrogen and oxygen atoms in total. The number of carbonyl (C=O) groups is 1. The number of morpholine rings is 1. The lowest BCUT2D eigenvalue weighted by atomic mass is 10.1. The van der Waals surface area contributed by atoms with Crippen molar-refractivity contribution in [3.05, 3.63) is 48.5 Å². The first-order valence-corrected chi connectivity index (χ1v) is 8.84. The van der Waals surface area contributed by atoms with E-state index in [0.717, 1.165) is 43.1 Å². The summed E-state index contributed by atoms with van der Waals surface area (Å²) in [6.07, 6.45) is 0. The number of hydrogen-bond acceptors (Lipinski definition) is 6. The van der Waals surface area contributed by atoms with Crippen molar-refractivity contribution in [2.45, 2.75) is 6.92 Å². The minimum Gasteiger partial charge on any atom is -0.378 e. The Morgan fingerprint density at radius 1 is 1.00 bits per heavy atom. The standard InChI is InChI=1S/C20H20N4O3/c1-14(25)21-17-6-2-16(3-7-17)20-22-19(23-27-20)15-4-8-18(9-5-15)24-10-12-26-13-11-24/h2-9H,10-13H2,1H3,(H,21,25). The summed E-state index contributed by atoms with van der Waals surface area (Å²) in [5.41, 5.74) is 3.59. The molecule has 0 spiro atoms. The van der Waals surface area contributed by atoms with E-state index in [0.29, 0.717) is 11.7 Å². The average Bonchev–Trinajstić information content (AvgIpc) is 3.19. The van der Waals surface area contributed by atoms with Crippen LogP contribution >= 0.6 is 0 Å². The van der Waals surface area contributed by atoms with E-state index in [9.17, 15) is 4.79 Å². The molecule has 138 valence electrons. The maximum Gasteiger partial charge on any atom is 0.258 e. The van der Waals surface area contributed by atoms with Gasteiger partial charge in [-0.3, -0.25) is 4.79 Å². The molecule has 2 heterocycles. The number of carbonyl (C=O) groups excluding carboxylic acids is 1. The summed E-state index contributed by atoms with van der Waals surface area (Å²) in [7, 11) is 0. The van der Waals surface area contributed by atoms with Crippen LogP contribution in [-0.4, -0.2) is 42.4 Å². The molecular weight excluding hydrogens is 344 g/mol. The number of hydrogen-bond donors (Lipinski definition) is 1. The molecule has 1 fully saturated rings. The zero-order chi connectivity index (χ0) is 18.6. The summed E-state index contributed by atoms with van der Waals surface area (Å²) in [4.78, 5) is 17.9. The summed E-state index contributed by atoms with van der Waals surface area (Å²) >= 11 is 0. The monoisotopic (exact) mass is 364 g/mol. The molecule has 1 aliphatic heterocycles. The van der Waals surface area contributed by atoms with Crippen LogP contribution in [0.15, 0.2) is 53.1 Å². The van der Waals surface area contributed by atoms with Crippen molar-refractivity contribution in [1.82, 2.24) is 10.1 Å². The lowest BCUT2D eigenvalue weighted by Crippen LogP contribution is -2.36. The third kappa shape index (κ3) is 3.98. The topological polar surface area (TPSA) is 80.5 Å². The molecule has 0 bridgehead atoms. The molecule has 3 aromatic rings. The van der Waals surface area contributed by atoms with Gasteiger partial charge >= 0.3 is 0 Å².